The van der Waals surface area contributed by atoms with E-state index in [4.69, 9.17) is 0 Å². The summed E-state index contributed by atoms with van der Waals surface area (Å²) in [6, 6.07) is 4.19. The minimum atomic E-state index is -0.0367. The Morgan fingerprint density at radius 2 is 1.40 bits per heavy atom. The molecule has 3 rings (SSSR count). The maximum atomic E-state index is 11.7. The van der Waals surface area contributed by atoms with Crippen LogP contribution in [-0.4, -0.2) is 25.7 Å². The molecule has 1 N–H and O–H groups in total. The molecule has 2 heterocycles. The summed E-state index contributed by atoms with van der Waals surface area (Å²) in [5.41, 5.74) is 5.95. The Bertz CT molecular complexity index is 987. The first kappa shape index (κ1) is 17.0. The lowest BCUT2D eigenvalue weighted by Gasteiger charge is -2.11. The standard InChI is InChI=1S/C19H21N5O/c1-9-7-10(2)17-15(8-9)11(3)20-19(23-17)24-18-21-12(4)16(14(6)25)13(5)22-18/h7-8H,1-6H3,(H,20,21,22,23,24). The van der Waals surface area contributed by atoms with E-state index in [-0.39, 0.29) is 5.78 Å². The fraction of sp³-hybridized carbons (Fsp3) is 0.316. The third-order valence-corrected chi connectivity index (χ3v) is 4.17. The predicted octanol–water partition coefficient (Wildman–Crippen LogP) is 3.91. The zero-order chi connectivity index (χ0) is 18.3. The molecule has 0 aliphatic heterocycles. The van der Waals surface area contributed by atoms with E-state index in [0.717, 1.165) is 22.2 Å². The molecule has 6 nitrogen and oxygen atoms in total. The molecule has 0 aliphatic carbocycles. The molecule has 2 aromatic heterocycles. The van der Waals surface area contributed by atoms with Crippen LogP contribution in [0.4, 0.5) is 11.9 Å². The zero-order valence-corrected chi connectivity index (χ0v) is 15.4. The number of carbonyl (C=O) groups excluding carboxylic acids is 1. The van der Waals surface area contributed by atoms with Crippen molar-refractivity contribution in [2.45, 2.75) is 41.5 Å². The van der Waals surface area contributed by atoms with Crippen LogP contribution in [0.25, 0.3) is 10.9 Å². The summed E-state index contributed by atoms with van der Waals surface area (Å²) in [7, 11) is 0. The van der Waals surface area contributed by atoms with Crippen LogP contribution >= 0.6 is 0 Å². The third kappa shape index (κ3) is 3.20. The van der Waals surface area contributed by atoms with E-state index in [1.54, 1.807) is 13.8 Å². The van der Waals surface area contributed by atoms with E-state index in [0.29, 0.717) is 28.8 Å². The van der Waals surface area contributed by atoms with E-state index >= 15 is 0 Å². The van der Waals surface area contributed by atoms with E-state index in [1.165, 1.54) is 12.5 Å². The molecule has 0 radical (unpaired) electrons. The Balaban J connectivity index is 2.06. The molecule has 0 atom stereocenters. The highest BCUT2D eigenvalue weighted by atomic mass is 16.1. The van der Waals surface area contributed by atoms with Gasteiger partial charge in [-0.1, -0.05) is 11.6 Å². The summed E-state index contributed by atoms with van der Waals surface area (Å²) < 4.78 is 0. The number of hydrogen-bond acceptors (Lipinski definition) is 6. The SMILES string of the molecule is CC(=O)c1c(C)nc(Nc2nc(C)c3cc(C)cc(C)c3n2)nc1C. The van der Waals surface area contributed by atoms with Crippen LogP contribution in [0.1, 0.15) is 45.5 Å². The van der Waals surface area contributed by atoms with Crippen LogP contribution in [0.3, 0.4) is 0 Å². The van der Waals surface area contributed by atoms with Gasteiger partial charge in [0, 0.05) is 5.39 Å². The summed E-state index contributed by atoms with van der Waals surface area (Å²) in [6.07, 6.45) is 0. The quantitative estimate of drug-likeness (QED) is 0.731. The second-order valence-electron chi connectivity index (χ2n) is 6.38. The highest BCUT2D eigenvalue weighted by Gasteiger charge is 2.14. The third-order valence-electron chi connectivity index (χ3n) is 4.17. The number of aryl methyl sites for hydroxylation is 5. The fourth-order valence-electron chi connectivity index (χ4n) is 3.17. The van der Waals surface area contributed by atoms with Gasteiger partial charge in [-0.15, -0.1) is 0 Å². The Labute approximate surface area is 146 Å². The van der Waals surface area contributed by atoms with Crippen molar-refractivity contribution in [2.24, 2.45) is 0 Å². The number of fused-ring (bicyclic) bond motifs is 1. The number of aromatic nitrogens is 4. The van der Waals surface area contributed by atoms with Gasteiger partial charge in [0.15, 0.2) is 5.78 Å². The molecule has 0 spiro atoms. The van der Waals surface area contributed by atoms with E-state index in [1.807, 2.05) is 13.8 Å². The highest BCUT2D eigenvalue weighted by molar-refractivity contribution is 5.96. The molecule has 3 aromatic rings. The lowest BCUT2D eigenvalue weighted by molar-refractivity contribution is 0.101. The van der Waals surface area contributed by atoms with E-state index < -0.39 is 0 Å². The molecule has 0 bridgehead atoms. The van der Waals surface area contributed by atoms with Gasteiger partial charge in [-0.2, -0.15) is 0 Å². The van der Waals surface area contributed by atoms with Crippen molar-refractivity contribution >= 4 is 28.6 Å². The van der Waals surface area contributed by atoms with Crippen LogP contribution in [-0.2, 0) is 0 Å². The normalized spacial score (nSPS) is 11.0. The van der Waals surface area contributed by atoms with Crippen molar-refractivity contribution in [3.8, 4) is 0 Å². The van der Waals surface area contributed by atoms with Gasteiger partial charge in [0.25, 0.3) is 0 Å². The minimum Gasteiger partial charge on any atom is -0.294 e. The summed E-state index contributed by atoms with van der Waals surface area (Å²) >= 11 is 0. The van der Waals surface area contributed by atoms with Gasteiger partial charge in [-0.3, -0.25) is 10.1 Å². The van der Waals surface area contributed by atoms with Crippen molar-refractivity contribution in [1.82, 2.24) is 19.9 Å². The molecule has 25 heavy (non-hydrogen) atoms. The van der Waals surface area contributed by atoms with Gasteiger partial charge in [0.05, 0.1) is 28.2 Å². The van der Waals surface area contributed by atoms with Crippen LogP contribution in [0.15, 0.2) is 12.1 Å². The molecular weight excluding hydrogens is 314 g/mol. The van der Waals surface area contributed by atoms with Crippen molar-refractivity contribution in [2.75, 3.05) is 5.32 Å². The van der Waals surface area contributed by atoms with Crippen LogP contribution in [0.5, 0.6) is 0 Å². The molecule has 0 unspecified atom stereocenters. The number of hydrogen-bond donors (Lipinski definition) is 1. The Morgan fingerprint density at radius 3 is 2.00 bits per heavy atom. The van der Waals surface area contributed by atoms with Gasteiger partial charge in [0.2, 0.25) is 11.9 Å². The van der Waals surface area contributed by atoms with E-state index in [2.05, 4.69) is 44.3 Å². The summed E-state index contributed by atoms with van der Waals surface area (Å²) in [6.45, 7) is 11.2. The molecular formula is C19H21N5O. The van der Waals surface area contributed by atoms with Crippen molar-refractivity contribution < 1.29 is 4.79 Å². The maximum absolute atomic E-state index is 11.7. The second kappa shape index (κ2) is 6.20. The minimum absolute atomic E-state index is 0.0367. The first-order chi connectivity index (χ1) is 11.8. The van der Waals surface area contributed by atoms with Gasteiger partial charge < -0.3 is 0 Å². The Kier molecular flexibility index (Phi) is 4.20. The largest absolute Gasteiger partial charge is 0.294 e. The molecule has 0 saturated heterocycles. The lowest BCUT2D eigenvalue weighted by Crippen LogP contribution is -2.10. The lowest BCUT2D eigenvalue weighted by atomic mass is 10.1. The number of anilines is 2. The number of nitrogens with one attached hydrogen (secondary N) is 1. The molecule has 0 amide bonds. The molecule has 0 saturated carbocycles. The molecule has 1 aromatic carbocycles. The molecule has 0 aliphatic rings. The van der Waals surface area contributed by atoms with Crippen LogP contribution in [0, 0.1) is 34.6 Å². The smallest absolute Gasteiger partial charge is 0.230 e. The number of benzene rings is 1. The summed E-state index contributed by atoms with van der Waals surface area (Å²) in [5.74, 6) is 0.806. The first-order valence-corrected chi connectivity index (χ1v) is 8.15. The Hall–Kier alpha value is -2.89. The zero-order valence-electron chi connectivity index (χ0n) is 15.4. The predicted molar refractivity (Wildman–Crippen MR) is 98.5 cm³/mol. The van der Waals surface area contributed by atoms with Crippen LogP contribution < -0.4 is 5.32 Å². The van der Waals surface area contributed by atoms with Gasteiger partial charge >= 0.3 is 0 Å². The van der Waals surface area contributed by atoms with Gasteiger partial charge in [-0.05, 0) is 53.2 Å². The monoisotopic (exact) mass is 335 g/mol. The molecule has 0 fully saturated rings. The highest BCUT2D eigenvalue weighted by Crippen LogP contribution is 2.23. The van der Waals surface area contributed by atoms with Gasteiger partial charge in [0.1, 0.15) is 0 Å². The molecule has 6 heteroatoms. The number of nitrogens with zero attached hydrogens (tertiary/aromatic N) is 4. The van der Waals surface area contributed by atoms with Crippen molar-refractivity contribution in [1.29, 1.82) is 0 Å². The second-order valence-corrected chi connectivity index (χ2v) is 6.38. The maximum Gasteiger partial charge on any atom is 0.230 e. The van der Waals surface area contributed by atoms with E-state index in [9.17, 15) is 4.79 Å². The average Bonchev–Trinajstić information content (AvgIpc) is 2.47. The van der Waals surface area contributed by atoms with Gasteiger partial charge in [-0.25, -0.2) is 19.9 Å². The average molecular weight is 335 g/mol. The first-order valence-electron chi connectivity index (χ1n) is 8.15. The number of rotatable bonds is 3. The van der Waals surface area contributed by atoms with Crippen molar-refractivity contribution in [3.05, 3.63) is 45.9 Å². The number of Topliss-reactive ketones (excluding diaryl/α,β-unsaturated/α-hetero) is 1. The fourth-order valence-corrected chi connectivity index (χ4v) is 3.17. The molecule has 128 valence electrons. The van der Waals surface area contributed by atoms with Crippen molar-refractivity contribution in [3.63, 3.8) is 0 Å². The van der Waals surface area contributed by atoms with Crippen LogP contribution in [0.2, 0.25) is 0 Å². The topological polar surface area (TPSA) is 80.7 Å². The summed E-state index contributed by atoms with van der Waals surface area (Å²) in [4.78, 5) is 29.6. The summed E-state index contributed by atoms with van der Waals surface area (Å²) in [5, 5.41) is 4.12. The Morgan fingerprint density at radius 1 is 0.840 bits per heavy atom. The number of ketones is 1. The number of carbonyl (C=O) groups is 1.